The van der Waals surface area contributed by atoms with Crippen molar-refractivity contribution >= 4 is 5.69 Å². The van der Waals surface area contributed by atoms with Gasteiger partial charge < -0.3 is 14.4 Å². The van der Waals surface area contributed by atoms with Crippen LogP contribution in [0.2, 0.25) is 0 Å². The van der Waals surface area contributed by atoms with Crippen LogP contribution in [0, 0.1) is 0 Å². The SMILES string of the molecule is COC(OC)(c1ccccc1)c1ccc(N(C)C)cc1. The van der Waals surface area contributed by atoms with E-state index in [1.165, 1.54) is 0 Å². The zero-order valence-electron chi connectivity index (χ0n) is 12.5. The van der Waals surface area contributed by atoms with E-state index in [9.17, 15) is 0 Å². The topological polar surface area (TPSA) is 21.7 Å². The average Bonchev–Trinajstić information content (AvgIpc) is 2.51. The van der Waals surface area contributed by atoms with Crippen molar-refractivity contribution in [3.05, 3.63) is 65.7 Å². The van der Waals surface area contributed by atoms with Crippen LogP contribution in [-0.4, -0.2) is 28.3 Å². The summed E-state index contributed by atoms with van der Waals surface area (Å²) in [4.78, 5) is 2.06. The summed E-state index contributed by atoms with van der Waals surface area (Å²) in [5.74, 6) is -0.869. The van der Waals surface area contributed by atoms with Crippen LogP contribution in [0.1, 0.15) is 11.1 Å². The Morgan fingerprint density at radius 2 is 1.25 bits per heavy atom. The second-order valence-corrected chi connectivity index (χ2v) is 4.83. The third-order valence-electron chi connectivity index (χ3n) is 3.49. The molecule has 0 aliphatic carbocycles. The van der Waals surface area contributed by atoms with E-state index in [1.807, 2.05) is 56.6 Å². The number of methoxy groups -OCH3 is 2. The molecule has 0 radical (unpaired) electrons. The Hall–Kier alpha value is -1.84. The molecule has 0 aliphatic heterocycles. The van der Waals surface area contributed by atoms with Crippen molar-refractivity contribution in [1.29, 1.82) is 0 Å². The number of anilines is 1. The molecule has 0 fully saturated rings. The molecule has 106 valence electrons. The molecule has 0 atom stereocenters. The molecule has 20 heavy (non-hydrogen) atoms. The van der Waals surface area contributed by atoms with E-state index in [-0.39, 0.29) is 0 Å². The van der Waals surface area contributed by atoms with Gasteiger partial charge in [0.1, 0.15) is 0 Å². The third-order valence-corrected chi connectivity index (χ3v) is 3.49. The van der Waals surface area contributed by atoms with E-state index in [2.05, 4.69) is 17.0 Å². The van der Waals surface area contributed by atoms with Gasteiger partial charge in [0.25, 0.3) is 0 Å². The lowest BCUT2D eigenvalue weighted by molar-refractivity contribution is -0.183. The van der Waals surface area contributed by atoms with Crippen molar-refractivity contribution in [2.45, 2.75) is 5.79 Å². The normalized spacial score (nSPS) is 11.4. The van der Waals surface area contributed by atoms with Gasteiger partial charge in [-0.3, -0.25) is 0 Å². The summed E-state index contributed by atoms with van der Waals surface area (Å²) in [6.45, 7) is 0. The van der Waals surface area contributed by atoms with Gasteiger partial charge in [0.2, 0.25) is 5.79 Å². The Morgan fingerprint density at radius 3 is 1.70 bits per heavy atom. The standard InChI is InChI=1S/C17H21NO2/c1-18(2)16-12-10-15(11-13-16)17(19-3,20-4)14-8-6-5-7-9-14/h5-13H,1-4H3. The van der Waals surface area contributed by atoms with Crippen molar-refractivity contribution in [2.75, 3.05) is 33.2 Å². The lowest BCUT2D eigenvalue weighted by atomic mass is 9.96. The van der Waals surface area contributed by atoms with Gasteiger partial charge in [0.05, 0.1) is 0 Å². The molecule has 0 unspecified atom stereocenters. The van der Waals surface area contributed by atoms with Crippen LogP contribution < -0.4 is 4.90 Å². The molecule has 2 aromatic carbocycles. The maximum Gasteiger partial charge on any atom is 0.221 e. The molecule has 0 spiro atoms. The van der Waals surface area contributed by atoms with Crippen LogP contribution in [0.3, 0.4) is 0 Å². The van der Waals surface area contributed by atoms with Crippen molar-refractivity contribution in [2.24, 2.45) is 0 Å². The number of hydrogen-bond acceptors (Lipinski definition) is 3. The zero-order chi connectivity index (χ0) is 14.6. The van der Waals surface area contributed by atoms with Crippen LogP contribution in [-0.2, 0) is 15.3 Å². The largest absolute Gasteiger partial charge is 0.378 e. The lowest BCUT2D eigenvalue weighted by Crippen LogP contribution is -2.32. The maximum atomic E-state index is 5.72. The molecular formula is C17H21NO2. The number of hydrogen-bond donors (Lipinski definition) is 0. The predicted octanol–water partition coefficient (Wildman–Crippen LogP) is 3.25. The predicted molar refractivity (Wildman–Crippen MR) is 82.0 cm³/mol. The third kappa shape index (κ3) is 2.55. The molecule has 2 aromatic rings. The number of ether oxygens (including phenoxy) is 2. The summed E-state index contributed by atoms with van der Waals surface area (Å²) in [6, 6.07) is 18.2. The highest BCUT2D eigenvalue weighted by Crippen LogP contribution is 2.34. The van der Waals surface area contributed by atoms with Crippen LogP contribution in [0.4, 0.5) is 5.69 Å². The maximum absolute atomic E-state index is 5.72. The van der Waals surface area contributed by atoms with E-state index in [0.717, 1.165) is 16.8 Å². The van der Waals surface area contributed by atoms with Gasteiger partial charge in [-0.05, 0) is 12.1 Å². The summed E-state index contributed by atoms with van der Waals surface area (Å²) in [5, 5.41) is 0. The van der Waals surface area contributed by atoms with Crippen LogP contribution in [0.25, 0.3) is 0 Å². The van der Waals surface area contributed by atoms with Crippen LogP contribution in [0.15, 0.2) is 54.6 Å². The van der Waals surface area contributed by atoms with Crippen molar-refractivity contribution in [3.8, 4) is 0 Å². The minimum absolute atomic E-state index is 0.869. The summed E-state index contributed by atoms with van der Waals surface area (Å²) in [5.41, 5.74) is 3.09. The molecule has 0 heterocycles. The monoisotopic (exact) mass is 271 g/mol. The van der Waals surface area contributed by atoms with Crippen molar-refractivity contribution in [3.63, 3.8) is 0 Å². The fourth-order valence-electron chi connectivity index (χ4n) is 2.36. The molecule has 0 aromatic heterocycles. The van der Waals surface area contributed by atoms with Gasteiger partial charge >= 0.3 is 0 Å². The fourth-order valence-corrected chi connectivity index (χ4v) is 2.36. The molecule has 2 rings (SSSR count). The average molecular weight is 271 g/mol. The highest BCUT2D eigenvalue weighted by molar-refractivity contribution is 5.48. The molecule has 0 saturated carbocycles. The van der Waals surface area contributed by atoms with E-state index in [0.29, 0.717) is 0 Å². The van der Waals surface area contributed by atoms with Crippen molar-refractivity contribution in [1.82, 2.24) is 0 Å². The molecular weight excluding hydrogens is 250 g/mol. The molecule has 3 nitrogen and oxygen atoms in total. The molecule has 0 aliphatic rings. The first-order valence-corrected chi connectivity index (χ1v) is 6.57. The van der Waals surface area contributed by atoms with Crippen LogP contribution in [0.5, 0.6) is 0 Å². The summed E-state index contributed by atoms with van der Waals surface area (Å²) < 4.78 is 11.4. The van der Waals surface area contributed by atoms with Gasteiger partial charge in [-0.1, -0.05) is 42.5 Å². The first-order valence-electron chi connectivity index (χ1n) is 6.57. The first-order chi connectivity index (χ1) is 9.64. The number of benzene rings is 2. The zero-order valence-corrected chi connectivity index (χ0v) is 12.5. The second kappa shape index (κ2) is 6.07. The summed E-state index contributed by atoms with van der Waals surface area (Å²) in [7, 11) is 7.37. The minimum Gasteiger partial charge on any atom is -0.378 e. The van der Waals surface area contributed by atoms with E-state index >= 15 is 0 Å². The molecule has 0 N–H and O–H groups in total. The molecule has 0 saturated heterocycles. The first kappa shape index (κ1) is 14.6. The van der Waals surface area contributed by atoms with Crippen LogP contribution >= 0.6 is 0 Å². The Balaban J connectivity index is 2.48. The highest BCUT2D eigenvalue weighted by atomic mass is 16.7. The van der Waals surface area contributed by atoms with Gasteiger partial charge in [-0.15, -0.1) is 0 Å². The Kier molecular flexibility index (Phi) is 4.42. The van der Waals surface area contributed by atoms with Gasteiger partial charge in [-0.2, -0.15) is 0 Å². The fraction of sp³-hybridized carbons (Fsp3) is 0.294. The summed E-state index contributed by atoms with van der Waals surface area (Å²) in [6.07, 6.45) is 0. The smallest absolute Gasteiger partial charge is 0.221 e. The lowest BCUT2D eigenvalue weighted by Gasteiger charge is -2.32. The quantitative estimate of drug-likeness (QED) is 0.779. The van der Waals surface area contributed by atoms with E-state index in [4.69, 9.17) is 9.47 Å². The van der Waals surface area contributed by atoms with Gasteiger partial charge in [-0.25, -0.2) is 0 Å². The summed E-state index contributed by atoms with van der Waals surface area (Å²) >= 11 is 0. The Morgan fingerprint density at radius 1 is 0.750 bits per heavy atom. The molecule has 0 amide bonds. The van der Waals surface area contributed by atoms with Gasteiger partial charge in [0, 0.05) is 45.1 Å². The Bertz CT molecular complexity index is 531. The second-order valence-electron chi connectivity index (χ2n) is 4.83. The minimum atomic E-state index is -0.869. The molecule has 3 heteroatoms. The Labute approximate surface area is 120 Å². The number of nitrogens with zero attached hydrogens (tertiary/aromatic N) is 1. The van der Waals surface area contributed by atoms with E-state index in [1.54, 1.807) is 14.2 Å². The van der Waals surface area contributed by atoms with Gasteiger partial charge in [0.15, 0.2) is 0 Å². The van der Waals surface area contributed by atoms with E-state index < -0.39 is 5.79 Å². The molecule has 0 bridgehead atoms. The number of rotatable bonds is 5. The van der Waals surface area contributed by atoms with Crippen molar-refractivity contribution < 1.29 is 9.47 Å². The highest BCUT2D eigenvalue weighted by Gasteiger charge is 2.34.